The Hall–Kier alpha value is -0.830. The van der Waals surface area contributed by atoms with Crippen molar-refractivity contribution in [1.29, 1.82) is 0 Å². The van der Waals surface area contributed by atoms with Crippen LogP contribution in [-0.2, 0) is 9.53 Å². The Morgan fingerprint density at radius 2 is 1.89 bits per heavy atom. The van der Waals surface area contributed by atoms with Crippen LogP contribution in [0.15, 0.2) is 28.7 Å². The average Bonchev–Trinajstić information content (AvgIpc) is 2.38. The summed E-state index contributed by atoms with van der Waals surface area (Å²) in [5, 5.41) is 0. The molecule has 1 aromatic rings. The first kappa shape index (κ1) is 15.2. The standard InChI is InChI=1S/C15H21BrO2/c1-3-4-5-6-11-18-15(17)12(2)13-7-9-14(16)10-8-13/h7-10,12H,3-6,11H2,1-2H3. The molecule has 1 atom stereocenters. The van der Waals surface area contributed by atoms with E-state index in [2.05, 4.69) is 22.9 Å². The molecule has 0 N–H and O–H groups in total. The molecule has 0 saturated carbocycles. The summed E-state index contributed by atoms with van der Waals surface area (Å²) in [5.74, 6) is -0.321. The van der Waals surface area contributed by atoms with Gasteiger partial charge >= 0.3 is 5.97 Å². The molecule has 0 aliphatic heterocycles. The molecule has 0 fully saturated rings. The van der Waals surface area contributed by atoms with Crippen molar-refractivity contribution in [1.82, 2.24) is 0 Å². The number of carbonyl (C=O) groups is 1. The van der Waals surface area contributed by atoms with E-state index >= 15 is 0 Å². The van der Waals surface area contributed by atoms with Gasteiger partial charge in [-0.3, -0.25) is 4.79 Å². The highest BCUT2D eigenvalue weighted by atomic mass is 79.9. The van der Waals surface area contributed by atoms with Crippen molar-refractivity contribution >= 4 is 21.9 Å². The monoisotopic (exact) mass is 312 g/mol. The lowest BCUT2D eigenvalue weighted by molar-refractivity contribution is -0.145. The van der Waals surface area contributed by atoms with Crippen LogP contribution < -0.4 is 0 Å². The Morgan fingerprint density at radius 3 is 2.50 bits per heavy atom. The van der Waals surface area contributed by atoms with E-state index in [1.54, 1.807) is 0 Å². The van der Waals surface area contributed by atoms with Gasteiger partial charge in [0.15, 0.2) is 0 Å². The van der Waals surface area contributed by atoms with Crippen LogP contribution in [-0.4, -0.2) is 12.6 Å². The van der Waals surface area contributed by atoms with E-state index < -0.39 is 0 Å². The van der Waals surface area contributed by atoms with E-state index in [9.17, 15) is 4.79 Å². The molecule has 18 heavy (non-hydrogen) atoms. The Kier molecular flexibility index (Phi) is 7.02. The number of hydrogen-bond acceptors (Lipinski definition) is 2. The molecule has 0 aliphatic carbocycles. The van der Waals surface area contributed by atoms with Gasteiger partial charge in [-0.25, -0.2) is 0 Å². The van der Waals surface area contributed by atoms with Gasteiger partial charge in [-0.2, -0.15) is 0 Å². The number of esters is 1. The molecule has 0 heterocycles. The van der Waals surface area contributed by atoms with E-state index in [0.29, 0.717) is 6.61 Å². The minimum absolute atomic E-state index is 0.131. The van der Waals surface area contributed by atoms with Crippen LogP contribution in [0.25, 0.3) is 0 Å². The van der Waals surface area contributed by atoms with E-state index in [-0.39, 0.29) is 11.9 Å². The summed E-state index contributed by atoms with van der Waals surface area (Å²) in [6.45, 7) is 4.60. The molecule has 3 heteroatoms. The summed E-state index contributed by atoms with van der Waals surface area (Å²) in [6.07, 6.45) is 4.51. The Labute approximate surface area is 118 Å². The third-order valence-electron chi connectivity index (χ3n) is 2.97. The first-order valence-electron chi connectivity index (χ1n) is 6.57. The van der Waals surface area contributed by atoms with Crippen LogP contribution >= 0.6 is 15.9 Å². The summed E-state index contributed by atoms with van der Waals surface area (Å²) in [5.41, 5.74) is 0.997. The van der Waals surface area contributed by atoms with Gasteiger partial charge in [0.2, 0.25) is 0 Å². The molecule has 1 aromatic carbocycles. The fourth-order valence-corrected chi connectivity index (χ4v) is 1.98. The second kappa shape index (κ2) is 8.30. The first-order chi connectivity index (χ1) is 8.65. The number of hydrogen-bond donors (Lipinski definition) is 0. The predicted octanol–water partition coefficient (Wildman–Crippen LogP) is 4.68. The molecule has 1 rings (SSSR count). The molecule has 0 radical (unpaired) electrons. The molecule has 2 nitrogen and oxygen atoms in total. The average molecular weight is 313 g/mol. The highest BCUT2D eigenvalue weighted by Gasteiger charge is 2.16. The van der Waals surface area contributed by atoms with Gasteiger partial charge in [-0.15, -0.1) is 0 Å². The molecule has 0 saturated heterocycles. The second-order valence-corrected chi connectivity index (χ2v) is 5.42. The van der Waals surface area contributed by atoms with Gasteiger partial charge in [0.05, 0.1) is 12.5 Å². The van der Waals surface area contributed by atoms with Gasteiger partial charge < -0.3 is 4.74 Å². The van der Waals surface area contributed by atoms with Crippen LogP contribution in [0.1, 0.15) is 51.0 Å². The zero-order valence-electron chi connectivity index (χ0n) is 11.1. The molecule has 0 bridgehead atoms. The number of rotatable bonds is 7. The maximum atomic E-state index is 11.8. The number of halogens is 1. The zero-order valence-corrected chi connectivity index (χ0v) is 12.7. The van der Waals surface area contributed by atoms with Gasteiger partial charge in [-0.1, -0.05) is 54.2 Å². The number of benzene rings is 1. The van der Waals surface area contributed by atoms with Crippen molar-refractivity contribution in [2.75, 3.05) is 6.61 Å². The summed E-state index contributed by atoms with van der Waals surface area (Å²) >= 11 is 3.38. The van der Waals surface area contributed by atoms with Crippen LogP contribution in [0.2, 0.25) is 0 Å². The Morgan fingerprint density at radius 1 is 1.22 bits per heavy atom. The minimum atomic E-state index is -0.190. The number of carbonyl (C=O) groups excluding carboxylic acids is 1. The topological polar surface area (TPSA) is 26.3 Å². The smallest absolute Gasteiger partial charge is 0.313 e. The lowest BCUT2D eigenvalue weighted by Gasteiger charge is -2.11. The van der Waals surface area contributed by atoms with Crippen LogP contribution in [0, 0.1) is 0 Å². The number of ether oxygens (including phenoxy) is 1. The van der Waals surface area contributed by atoms with Crippen LogP contribution in [0.4, 0.5) is 0 Å². The second-order valence-electron chi connectivity index (χ2n) is 4.50. The van der Waals surface area contributed by atoms with Crippen LogP contribution in [0.5, 0.6) is 0 Å². The number of unbranched alkanes of at least 4 members (excludes halogenated alkanes) is 3. The van der Waals surface area contributed by atoms with E-state index in [0.717, 1.165) is 22.9 Å². The van der Waals surface area contributed by atoms with Crippen molar-refractivity contribution < 1.29 is 9.53 Å². The maximum Gasteiger partial charge on any atom is 0.313 e. The molecular weight excluding hydrogens is 292 g/mol. The summed E-state index contributed by atoms with van der Waals surface area (Å²) in [4.78, 5) is 11.8. The lowest BCUT2D eigenvalue weighted by atomic mass is 10.0. The fourth-order valence-electron chi connectivity index (χ4n) is 1.71. The quantitative estimate of drug-likeness (QED) is 0.540. The summed E-state index contributed by atoms with van der Waals surface area (Å²) in [7, 11) is 0. The van der Waals surface area contributed by atoms with Crippen LogP contribution in [0.3, 0.4) is 0 Å². The molecule has 0 amide bonds. The normalized spacial score (nSPS) is 12.2. The van der Waals surface area contributed by atoms with Crippen molar-refractivity contribution in [3.05, 3.63) is 34.3 Å². The van der Waals surface area contributed by atoms with E-state index in [4.69, 9.17) is 4.74 Å². The van der Waals surface area contributed by atoms with Crippen molar-refractivity contribution in [3.8, 4) is 0 Å². The summed E-state index contributed by atoms with van der Waals surface area (Å²) < 4.78 is 6.30. The van der Waals surface area contributed by atoms with Gasteiger partial charge in [0.25, 0.3) is 0 Å². The minimum Gasteiger partial charge on any atom is -0.465 e. The molecule has 0 aliphatic rings. The van der Waals surface area contributed by atoms with Crippen molar-refractivity contribution in [2.45, 2.75) is 45.4 Å². The van der Waals surface area contributed by atoms with Crippen molar-refractivity contribution in [2.24, 2.45) is 0 Å². The summed E-state index contributed by atoms with van der Waals surface area (Å²) in [6, 6.07) is 7.79. The predicted molar refractivity (Wildman–Crippen MR) is 77.7 cm³/mol. The van der Waals surface area contributed by atoms with E-state index in [1.807, 2.05) is 31.2 Å². The highest BCUT2D eigenvalue weighted by Crippen LogP contribution is 2.19. The zero-order chi connectivity index (χ0) is 13.4. The highest BCUT2D eigenvalue weighted by molar-refractivity contribution is 9.10. The molecule has 0 aromatic heterocycles. The SMILES string of the molecule is CCCCCCOC(=O)C(C)c1ccc(Br)cc1. The largest absolute Gasteiger partial charge is 0.465 e. The molecule has 1 unspecified atom stereocenters. The maximum absolute atomic E-state index is 11.8. The molecular formula is C15H21BrO2. The Balaban J connectivity index is 2.34. The fraction of sp³-hybridized carbons (Fsp3) is 0.533. The third kappa shape index (κ3) is 5.21. The molecule has 100 valence electrons. The van der Waals surface area contributed by atoms with Crippen molar-refractivity contribution in [3.63, 3.8) is 0 Å². The first-order valence-corrected chi connectivity index (χ1v) is 7.36. The lowest BCUT2D eigenvalue weighted by Crippen LogP contribution is -2.13. The van der Waals surface area contributed by atoms with Gasteiger partial charge in [0.1, 0.15) is 0 Å². The van der Waals surface area contributed by atoms with Gasteiger partial charge in [-0.05, 0) is 31.0 Å². The van der Waals surface area contributed by atoms with Gasteiger partial charge in [0, 0.05) is 4.47 Å². The Bertz CT molecular complexity index is 359. The third-order valence-corrected chi connectivity index (χ3v) is 3.49. The van der Waals surface area contributed by atoms with E-state index in [1.165, 1.54) is 12.8 Å². The molecule has 0 spiro atoms.